The van der Waals surface area contributed by atoms with Crippen molar-refractivity contribution in [3.05, 3.63) is 130 Å². The summed E-state index contributed by atoms with van der Waals surface area (Å²) in [6.45, 7) is 6.16. The quantitative estimate of drug-likeness (QED) is 0.176. The van der Waals surface area contributed by atoms with Gasteiger partial charge in [0.05, 0.1) is 48.0 Å². The Bertz CT molecular complexity index is 2110. The maximum Gasteiger partial charge on any atom is 0.279 e. The molecule has 3 heterocycles. The number of rotatable bonds is 10. The number of ether oxygens (including phenoxy) is 1. The van der Waals surface area contributed by atoms with Gasteiger partial charge in [0.25, 0.3) is 11.5 Å². The maximum absolute atomic E-state index is 14.9. The summed E-state index contributed by atoms with van der Waals surface area (Å²) in [6, 6.07) is 32.1. The fraction of sp³-hybridized carbons (Fsp3) is 0.308. The SMILES string of the molecule is C[C@@H]1[C@@H]([Si](C)(C)O)[C@H](CC(=O)N(CCO)Cc2ccccc2)O[C@@]12C(=O)N(Cc1cccc(-n3[nH]c4ccccc4c3=O)c1)c1ccccc12. The van der Waals surface area contributed by atoms with Crippen LogP contribution in [0.5, 0.6) is 0 Å². The van der Waals surface area contributed by atoms with E-state index in [2.05, 4.69) is 5.10 Å². The molecular weight excluding hydrogens is 649 g/mol. The summed E-state index contributed by atoms with van der Waals surface area (Å²) in [5.41, 5.74) is 2.60. The molecule has 0 radical (unpaired) electrons. The van der Waals surface area contributed by atoms with E-state index in [-0.39, 0.29) is 43.5 Å². The van der Waals surface area contributed by atoms with Crippen LogP contribution in [0.15, 0.2) is 108 Å². The average molecular weight is 691 g/mol. The van der Waals surface area contributed by atoms with Gasteiger partial charge in [-0.15, -0.1) is 0 Å². The number of hydrogen-bond acceptors (Lipinski definition) is 6. The third-order valence-electron chi connectivity index (χ3n) is 10.3. The van der Waals surface area contributed by atoms with E-state index in [1.54, 1.807) is 15.9 Å². The molecule has 5 aromatic rings. The highest BCUT2D eigenvalue weighted by molar-refractivity contribution is 6.71. The normalized spacial score (nSPS) is 21.7. The zero-order valence-electron chi connectivity index (χ0n) is 28.5. The zero-order chi connectivity index (χ0) is 35.2. The summed E-state index contributed by atoms with van der Waals surface area (Å²) in [4.78, 5) is 56.9. The lowest BCUT2D eigenvalue weighted by molar-refractivity contribution is -0.150. The van der Waals surface area contributed by atoms with Crippen LogP contribution >= 0.6 is 0 Å². The fourth-order valence-corrected chi connectivity index (χ4v) is 10.7. The Balaban J connectivity index is 1.20. The summed E-state index contributed by atoms with van der Waals surface area (Å²) in [6.07, 6.45) is -0.743. The number of fused-ring (bicyclic) bond motifs is 3. The Kier molecular flexibility index (Phi) is 8.85. The van der Waals surface area contributed by atoms with E-state index in [9.17, 15) is 24.3 Å². The number of para-hydroxylation sites is 2. The Morgan fingerprint density at radius 3 is 2.38 bits per heavy atom. The summed E-state index contributed by atoms with van der Waals surface area (Å²) < 4.78 is 8.39. The van der Waals surface area contributed by atoms with Gasteiger partial charge in [0.15, 0.2) is 13.9 Å². The second-order valence-electron chi connectivity index (χ2n) is 14.0. The monoisotopic (exact) mass is 690 g/mol. The van der Waals surface area contributed by atoms with Crippen LogP contribution in [0.2, 0.25) is 18.6 Å². The molecule has 4 atom stereocenters. The Hall–Kier alpha value is -4.81. The second kappa shape index (κ2) is 13.1. The molecule has 2 amide bonds. The molecule has 50 heavy (non-hydrogen) atoms. The van der Waals surface area contributed by atoms with Crippen molar-refractivity contribution in [2.75, 3.05) is 18.1 Å². The van der Waals surface area contributed by atoms with Gasteiger partial charge in [-0.05, 0) is 54.6 Å². The van der Waals surface area contributed by atoms with Crippen LogP contribution in [0.25, 0.3) is 16.6 Å². The molecule has 3 N–H and O–H groups in total. The molecule has 2 aliphatic rings. The first-order valence-corrected chi connectivity index (χ1v) is 20.1. The van der Waals surface area contributed by atoms with Crippen LogP contribution < -0.4 is 10.5 Å². The minimum Gasteiger partial charge on any atom is -0.432 e. The van der Waals surface area contributed by atoms with Crippen LogP contribution in [0.1, 0.15) is 30.0 Å². The van der Waals surface area contributed by atoms with Gasteiger partial charge in [-0.2, -0.15) is 0 Å². The van der Waals surface area contributed by atoms with Crippen molar-refractivity contribution >= 4 is 36.7 Å². The molecule has 0 aliphatic carbocycles. The van der Waals surface area contributed by atoms with Gasteiger partial charge in [-0.1, -0.05) is 79.7 Å². The van der Waals surface area contributed by atoms with E-state index in [0.717, 1.165) is 22.2 Å². The number of hydrogen-bond donors (Lipinski definition) is 3. The van der Waals surface area contributed by atoms with E-state index in [0.29, 0.717) is 23.3 Å². The van der Waals surface area contributed by atoms with Crippen molar-refractivity contribution in [1.29, 1.82) is 0 Å². The van der Waals surface area contributed by atoms with Crippen molar-refractivity contribution in [2.45, 2.75) is 56.8 Å². The summed E-state index contributed by atoms with van der Waals surface area (Å²) in [5.74, 6) is -0.878. The first-order valence-electron chi connectivity index (χ1n) is 17.1. The number of aliphatic hydroxyl groups is 1. The molecule has 4 aromatic carbocycles. The molecular formula is C39H42N4O6Si. The van der Waals surface area contributed by atoms with E-state index in [1.165, 1.54) is 4.68 Å². The van der Waals surface area contributed by atoms with Crippen LogP contribution in [0.3, 0.4) is 0 Å². The molecule has 0 saturated carbocycles. The molecule has 0 bridgehead atoms. The lowest BCUT2D eigenvalue weighted by Crippen LogP contribution is -2.46. The van der Waals surface area contributed by atoms with Gasteiger partial charge >= 0.3 is 0 Å². The number of aromatic amines is 1. The predicted octanol–water partition coefficient (Wildman–Crippen LogP) is 5.07. The third-order valence-corrected chi connectivity index (χ3v) is 12.8. The summed E-state index contributed by atoms with van der Waals surface area (Å²) in [7, 11) is -3.00. The Morgan fingerprint density at radius 2 is 1.64 bits per heavy atom. The van der Waals surface area contributed by atoms with Crippen molar-refractivity contribution in [3.8, 4) is 5.69 Å². The van der Waals surface area contributed by atoms with Gasteiger partial charge in [-0.3, -0.25) is 19.5 Å². The van der Waals surface area contributed by atoms with Crippen LogP contribution in [0.4, 0.5) is 5.69 Å². The number of aliphatic hydroxyl groups excluding tert-OH is 1. The van der Waals surface area contributed by atoms with E-state index in [4.69, 9.17) is 4.74 Å². The largest absolute Gasteiger partial charge is 0.432 e. The summed E-state index contributed by atoms with van der Waals surface area (Å²) >= 11 is 0. The summed E-state index contributed by atoms with van der Waals surface area (Å²) in [5, 5.41) is 13.6. The van der Waals surface area contributed by atoms with Crippen LogP contribution in [-0.4, -0.2) is 64.0 Å². The average Bonchev–Trinajstić information content (AvgIpc) is 3.68. The molecule has 0 unspecified atom stereocenters. The van der Waals surface area contributed by atoms with Crippen molar-refractivity contribution in [3.63, 3.8) is 0 Å². The number of amides is 2. The number of anilines is 1. The fourth-order valence-electron chi connectivity index (χ4n) is 8.12. The molecule has 1 aromatic heterocycles. The zero-order valence-corrected chi connectivity index (χ0v) is 29.5. The van der Waals surface area contributed by atoms with E-state index < -0.39 is 31.5 Å². The number of aromatic nitrogens is 2. The standard InChI is InChI=1S/C39H42N4O6Si/c1-26-36(50(2,3)48)34(23-35(45)41(20-21-44)24-27-12-5-4-6-13-27)49-39(26)31-17-8-10-19-33(31)42(38(39)47)25-28-14-11-15-29(22-28)43-37(46)30-16-7-9-18-32(30)40-43/h4-19,22,26,34,36,40,44,48H,20-21,23-25H2,1-3H3/t26-,34+,36-,39+/m1/s1. The second-order valence-corrected chi connectivity index (χ2v) is 17.9. The number of nitrogens with one attached hydrogen (secondary N) is 1. The van der Waals surface area contributed by atoms with Gasteiger partial charge in [0.2, 0.25) is 5.91 Å². The first kappa shape index (κ1) is 33.7. The maximum atomic E-state index is 14.9. The number of H-pyrrole nitrogens is 1. The van der Waals surface area contributed by atoms with Gasteiger partial charge < -0.3 is 24.4 Å². The van der Waals surface area contributed by atoms with E-state index in [1.807, 2.05) is 117 Å². The van der Waals surface area contributed by atoms with E-state index >= 15 is 0 Å². The molecule has 1 fully saturated rings. The number of nitrogens with zero attached hydrogens (tertiary/aromatic N) is 3. The highest BCUT2D eigenvalue weighted by atomic mass is 28.4. The highest BCUT2D eigenvalue weighted by Crippen LogP contribution is 2.59. The Morgan fingerprint density at radius 1 is 0.940 bits per heavy atom. The molecule has 10 nitrogen and oxygen atoms in total. The number of carbonyl (C=O) groups excluding carboxylic acids is 2. The van der Waals surface area contributed by atoms with Crippen molar-refractivity contribution in [1.82, 2.24) is 14.7 Å². The lowest BCUT2D eigenvalue weighted by atomic mass is 9.82. The third kappa shape index (κ3) is 5.79. The number of carbonyl (C=O) groups is 2. The topological polar surface area (TPSA) is 128 Å². The smallest absolute Gasteiger partial charge is 0.279 e. The molecule has 1 spiro atoms. The molecule has 2 aliphatic heterocycles. The van der Waals surface area contributed by atoms with Crippen molar-refractivity contribution in [2.24, 2.45) is 5.92 Å². The lowest BCUT2D eigenvalue weighted by Gasteiger charge is -2.32. The number of benzene rings is 4. The molecule has 11 heteroatoms. The molecule has 1 saturated heterocycles. The predicted molar refractivity (Wildman–Crippen MR) is 194 cm³/mol. The van der Waals surface area contributed by atoms with Crippen molar-refractivity contribution < 1.29 is 24.2 Å². The molecule has 258 valence electrons. The Labute approximate surface area is 291 Å². The highest BCUT2D eigenvalue weighted by Gasteiger charge is 2.66. The van der Waals surface area contributed by atoms with Crippen LogP contribution in [-0.2, 0) is 33.0 Å². The van der Waals surface area contributed by atoms with Gasteiger partial charge in [0, 0.05) is 30.1 Å². The van der Waals surface area contributed by atoms with Gasteiger partial charge in [-0.25, -0.2) is 4.68 Å². The van der Waals surface area contributed by atoms with Gasteiger partial charge in [0.1, 0.15) is 0 Å². The van der Waals surface area contributed by atoms with Crippen LogP contribution in [0, 0.1) is 5.92 Å². The minimum absolute atomic E-state index is 0.0304. The minimum atomic E-state index is -3.00. The molecule has 7 rings (SSSR count). The first-order chi connectivity index (χ1) is 24.0.